The van der Waals surface area contributed by atoms with Gasteiger partial charge in [0.2, 0.25) is 11.8 Å². The molecular weight excluding hydrogens is 437 g/mol. The smallest absolute Gasteiger partial charge is 0.361 e. The highest BCUT2D eigenvalue weighted by atomic mass is 19.4. The number of fused-ring (bicyclic) bond motifs is 1. The third kappa shape index (κ3) is 4.84. The number of rotatable bonds is 6. The van der Waals surface area contributed by atoms with Crippen molar-refractivity contribution >= 4 is 34.3 Å². The molecule has 10 heteroatoms. The van der Waals surface area contributed by atoms with Gasteiger partial charge in [-0.05, 0) is 36.4 Å². The fourth-order valence-corrected chi connectivity index (χ4v) is 3.87. The number of benzene rings is 2. The van der Waals surface area contributed by atoms with E-state index >= 15 is 0 Å². The molecule has 1 aliphatic rings. The number of aromatic nitrogens is 1. The number of carbonyl (C=O) groups is 3. The minimum atomic E-state index is -4.52. The van der Waals surface area contributed by atoms with Gasteiger partial charge in [-0.25, -0.2) is 0 Å². The molecule has 1 atom stereocenters. The second-order valence-corrected chi connectivity index (χ2v) is 7.74. The molecule has 3 aromatic rings. The number of alkyl halides is 3. The van der Waals surface area contributed by atoms with Crippen molar-refractivity contribution in [3.05, 3.63) is 65.9 Å². The standard InChI is InChI=1S/C23H21F3N4O3/c24-23(25,26)15-3-1-4-16(12-15)30-13-14(11-20(30)31)21(32)28-9-10-29-22(33)18-5-2-6-19-17(18)7-8-27-19/h1-8,12,14,27H,9-11,13H2,(H,28,32)(H,29,33)/t14-/m0/s1. The first kappa shape index (κ1) is 22.4. The maximum absolute atomic E-state index is 13.0. The summed E-state index contributed by atoms with van der Waals surface area (Å²) in [4.78, 5) is 41.4. The first-order valence-corrected chi connectivity index (χ1v) is 10.3. The summed E-state index contributed by atoms with van der Waals surface area (Å²) in [6.45, 7) is 0.332. The number of nitrogens with one attached hydrogen (secondary N) is 3. The van der Waals surface area contributed by atoms with E-state index in [0.717, 1.165) is 23.0 Å². The minimum Gasteiger partial charge on any atom is -0.361 e. The van der Waals surface area contributed by atoms with Gasteiger partial charge < -0.3 is 20.5 Å². The average Bonchev–Trinajstić information content (AvgIpc) is 3.42. The van der Waals surface area contributed by atoms with Crippen molar-refractivity contribution in [2.24, 2.45) is 5.92 Å². The Hall–Kier alpha value is -3.82. The van der Waals surface area contributed by atoms with Gasteiger partial charge in [0.15, 0.2) is 0 Å². The van der Waals surface area contributed by atoms with Gasteiger partial charge in [-0.3, -0.25) is 14.4 Å². The number of anilines is 1. The molecular formula is C23H21F3N4O3. The molecule has 2 heterocycles. The minimum absolute atomic E-state index is 0.00613. The molecule has 1 fully saturated rings. The van der Waals surface area contributed by atoms with Gasteiger partial charge in [-0.15, -0.1) is 0 Å². The highest BCUT2D eigenvalue weighted by Crippen LogP contribution is 2.33. The van der Waals surface area contributed by atoms with Crippen LogP contribution in [0.25, 0.3) is 10.9 Å². The molecule has 0 unspecified atom stereocenters. The second-order valence-electron chi connectivity index (χ2n) is 7.74. The van der Waals surface area contributed by atoms with E-state index in [0.29, 0.717) is 5.56 Å². The van der Waals surface area contributed by atoms with Crippen LogP contribution >= 0.6 is 0 Å². The van der Waals surface area contributed by atoms with E-state index < -0.39 is 23.6 Å². The van der Waals surface area contributed by atoms with Crippen LogP contribution in [-0.2, 0) is 15.8 Å². The zero-order chi connectivity index (χ0) is 23.6. The molecule has 1 saturated heterocycles. The zero-order valence-electron chi connectivity index (χ0n) is 17.4. The predicted octanol–water partition coefficient (Wildman–Crippen LogP) is 3.09. The Kier molecular flexibility index (Phi) is 6.08. The van der Waals surface area contributed by atoms with Crippen molar-refractivity contribution in [1.82, 2.24) is 15.6 Å². The number of amides is 3. The molecule has 33 heavy (non-hydrogen) atoms. The van der Waals surface area contributed by atoms with Crippen LogP contribution in [0.3, 0.4) is 0 Å². The van der Waals surface area contributed by atoms with Crippen LogP contribution in [0.4, 0.5) is 18.9 Å². The fraction of sp³-hybridized carbons (Fsp3) is 0.261. The van der Waals surface area contributed by atoms with E-state index in [-0.39, 0.29) is 43.6 Å². The van der Waals surface area contributed by atoms with E-state index in [4.69, 9.17) is 0 Å². The molecule has 0 radical (unpaired) electrons. The molecule has 3 amide bonds. The van der Waals surface area contributed by atoms with E-state index in [2.05, 4.69) is 15.6 Å². The van der Waals surface area contributed by atoms with Crippen molar-refractivity contribution < 1.29 is 27.6 Å². The number of hydrogen-bond acceptors (Lipinski definition) is 3. The first-order chi connectivity index (χ1) is 15.7. The van der Waals surface area contributed by atoms with E-state index in [1.807, 2.05) is 6.07 Å². The molecule has 0 bridgehead atoms. The topological polar surface area (TPSA) is 94.3 Å². The molecule has 0 aliphatic carbocycles. The molecule has 0 spiro atoms. The number of hydrogen-bond donors (Lipinski definition) is 3. The Morgan fingerprint density at radius 2 is 1.82 bits per heavy atom. The lowest BCUT2D eigenvalue weighted by Crippen LogP contribution is -2.38. The Balaban J connectivity index is 1.29. The Morgan fingerprint density at radius 3 is 2.61 bits per heavy atom. The summed E-state index contributed by atoms with van der Waals surface area (Å²) < 4.78 is 38.9. The molecule has 172 valence electrons. The Morgan fingerprint density at radius 1 is 1.06 bits per heavy atom. The van der Waals surface area contributed by atoms with Gasteiger partial charge in [-0.2, -0.15) is 13.2 Å². The van der Waals surface area contributed by atoms with Crippen LogP contribution in [0.15, 0.2) is 54.7 Å². The van der Waals surface area contributed by atoms with Crippen LogP contribution in [0.1, 0.15) is 22.3 Å². The number of nitrogens with zero attached hydrogens (tertiary/aromatic N) is 1. The lowest BCUT2D eigenvalue weighted by atomic mass is 10.1. The van der Waals surface area contributed by atoms with Crippen LogP contribution < -0.4 is 15.5 Å². The highest BCUT2D eigenvalue weighted by molar-refractivity contribution is 6.06. The lowest BCUT2D eigenvalue weighted by molar-refractivity contribution is -0.137. The van der Waals surface area contributed by atoms with Gasteiger partial charge in [0.1, 0.15) is 0 Å². The SMILES string of the molecule is O=C(NCCNC(=O)[C@H]1CC(=O)N(c2cccc(C(F)(F)F)c2)C1)c1cccc2[nH]ccc12. The Labute approximate surface area is 186 Å². The molecule has 3 N–H and O–H groups in total. The number of carbonyl (C=O) groups excluding carboxylic acids is 3. The summed E-state index contributed by atoms with van der Waals surface area (Å²) in [7, 11) is 0. The summed E-state index contributed by atoms with van der Waals surface area (Å²) >= 11 is 0. The zero-order valence-corrected chi connectivity index (χ0v) is 17.4. The quantitative estimate of drug-likeness (QED) is 0.496. The van der Waals surface area contributed by atoms with Crippen LogP contribution in [0, 0.1) is 5.92 Å². The summed E-state index contributed by atoms with van der Waals surface area (Å²) in [5.41, 5.74) is 0.605. The third-order valence-corrected chi connectivity index (χ3v) is 5.53. The van der Waals surface area contributed by atoms with E-state index in [9.17, 15) is 27.6 Å². The van der Waals surface area contributed by atoms with Gasteiger partial charge in [0, 0.05) is 54.4 Å². The van der Waals surface area contributed by atoms with Crippen LogP contribution in [0.2, 0.25) is 0 Å². The molecule has 7 nitrogen and oxygen atoms in total. The normalized spacial score (nSPS) is 16.3. The summed E-state index contributed by atoms with van der Waals surface area (Å²) in [6.07, 6.45) is -2.87. The number of halogens is 3. The van der Waals surface area contributed by atoms with Crippen molar-refractivity contribution in [2.45, 2.75) is 12.6 Å². The maximum atomic E-state index is 13.0. The molecule has 1 aromatic heterocycles. The first-order valence-electron chi connectivity index (χ1n) is 10.3. The molecule has 4 rings (SSSR count). The van der Waals surface area contributed by atoms with Gasteiger partial charge >= 0.3 is 6.18 Å². The van der Waals surface area contributed by atoms with Gasteiger partial charge in [0.25, 0.3) is 5.91 Å². The molecule has 2 aromatic carbocycles. The largest absolute Gasteiger partial charge is 0.416 e. The second kappa shape index (κ2) is 8.97. The molecule has 0 saturated carbocycles. The average molecular weight is 458 g/mol. The summed E-state index contributed by atoms with van der Waals surface area (Å²) in [5, 5.41) is 6.20. The number of aromatic amines is 1. The van der Waals surface area contributed by atoms with Gasteiger partial charge in [-0.1, -0.05) is 12.1 Å². The summed E-state index contributed by atoms with van der Waals surface area (Å²) in [5.74, 6) is -1.76. The maximum Gasteiger partial charge on any atom is 0.416 e. The van der Waals surface area contributed by atoms with Crippen molar-refractivity contribution in [1.29, 1.82) is 0 Å². The number of H-pyrrole nitrogens is 1. The van der Waals surface area contributed by atoms with E-state index in [1.165, 1.54) is 17.0 Å². The highest BCUT2D eigenvalue weighted by Gasteiger charge is 2.36. The monoisotopic (exact) mass is 458 g/mol. The van der Waals surface area contributed by atoms with E-state index in [1.54, 1.807) is 24.4 Å². The molecule has 1 aliphatic heterocycles. The van der Waals surface area contributed by atoms with Crippen LogP contribution in [-0.4, -0.2) is 42.3 Å². The van der Waals surface area contributed by atoms with Gasteiger partial charge in [0.05, 0.1) is 11.5 Å². The fourth-order valence-electron chi connectivity index (χ4n) is 3.87. The Bertz CT molecular complexity index is 1200. The predicted molar refractivity (Wildman–Crippen MR) is 116 cm³/mol. The van der Waals surface area contributed by atoms with Crippen molar-refractivity contribution in [3.8, 4) is 0 Å². The van der Waals surface area contributed by atoms with Crippen molar-refractivity contribution in [3.63, 3.8) is 0 Å². The van der Waals surface area contributed by atoms with Crippen LogP contribution in [0.5, 0.6) is 0 Å². The third-order valence-electron chi connectivity index (χ3n) is 5.53. The van der Waals surface area contributed by atoms with Crippen molar-refractivity contribution in [2.75, 3.05) is 24.5 Å². The summed E-state index contributed by atoms with van der Waals surface area (Å²) in [6, 6.07) is 11.6. The lowest BCUT2D eigenvalue weighted by Gasteiger charge is -2.18.